The maximum atomic E-state index is 12.9. The molecule has 1 unspecified atom stereocenters. The van der Waals surface area contributed by atoms with Crippen molar-refractivity contribution in [1.82, 2.24) is 20.3 Å². The number of hydrogen-bond donors (Lipinski definition) is 1. The molecule has 4 amide bonds. The van der Waals surface area contributed by atoms with E-state index in [-0.39, 0.29) is 30.2 Å². The number of amides is 4. The van der Waals surface area contributed by atoms with Crippen LogP contribution in [0.15, 0.2) is 30.3 Å². The van der Waals surface area contributed by atoms with Gasteiger partial charge in [-0.05, 0) is 45.6 Å². The van der Waals surface area contributed by atoms with Crippen LogP contribution in [0.5, 0.6) is 0 Å². The molecule has 1 N–H and O–H groups in total. The number of rotatable bonds is 6. The van der Waals surface area contributed by atoms with E-state index in [4.69, 9.17) is 14.4 Å². The Hall–Kier alpha value is -2.85. The molecule has 4 fully saturated rings. The number of fused-ring (bicyclic) bond motifs is 3. The van der Waals surface area contributed by atoms with Gasteiger partial charge in [-0.1, -0.05) is 30.3 Å². The molecule has 1 aromatic rings. The number of carbonyl (C=O) groups excluding carboxylic acids is 3. The number of benzene rings is 1. The molecule has 2 bridgehead atoms. The molecule has 0 aromatic heterocycles. The number of ether oxygens (including phenoxy) is 1. The zero-order valence-corrected chi connectivity index (χ0v) is 20.1. The van der Waals surface area contributed by atoms with Crippen LogP contribution >= 0.6 is 0 Å². The van der Waals surface area contributed by atoms with Crippen LogP contribution in [-0.2, 0) is 25.8 Å². The number of piperidine rings is 2. The highest BCUT2D eigenvalue weighted by Crippen LogP contribution is 2.31. The van der Waals surface area contributed by atoms with Crippen LogP contribution in [-0.4, -0.2) is 76.3 Å². The highest BCUT2D eigenvalue weighted by atomic mass is 16.7. The number of hydroxylamine groups is 3. The van der Waals surface area contributed by atoms with Crippen LogP contribution in [0.4, 0.5) is 9.59 Å². The molecule has 34 heavy (non-hydrogen) atoms. The van der Waals surface area contributed by atoms with Gasteiger partial charge in [-0.3, -0.25) is 14.5 Å². The van der Waals surface area contributed by atoms with Crippen molar-refractivity contribution in [3.8, 4) is 0 Å². The van der Waals surface area contributed by atoms with Gasteiger partial charge in [0, 0.05) is 19.5 Å². The molecular formula is C24H34N4O6. The lowest BCUT2D eigenvalue weighted by Gasteiger charge is -2.49. The average Bonchev–Trinajstić information content (AvgIpc) is 2.82. The Labute approximate surface area is 200 Å². The Morgan fingerprint density at radius 3 is 2.59 bits per heavy atom. The second kappa shape index (κ2) is 10.2. The number of nitrogens with zero attached hydrogens (tertiary/aromatic N) is 3. The predicted octanol–water partition coefficient (Wildman–Crippen LogP) is 2.83. The van der Waals surface area contributed by atoms with Gasteiger partial charge < -0.3 is 14.5 Å². The fraction of sp³-hybridized carbons (Fsp3) is 0.625. The zero-order valence-electron chi connectivity index (χ0n) is 20.1. The van der Waals surface area contributed by atoms with E-state index in [1.165, 1.54) is 9.96 Å². The second-order valence-electron chi connectivity index (χ2n) is 10.0. The van der Waals surface area contributed by atoms with Crippen LogP contribution < -0.4 is 5.48 Å². The fourth-order valence-corrected chi connectivity index (χ4v) is 4.54. The van der Waals surface area contributed by atoms with E-state index in [0.717, 1.165) is 24.8 Å². The average molecular weight is 475 g/mol. The largest absolute Gasteiger partial charge is 0.444 e. The minimum absolute atomic E-state index is 0.158. The summed E-state index contributed by atoms with van der Waals surface area (Å²) < 4.78 is 5.43. The SMILES string of the molecule is CC(C)(C)OC(=O)N1CCC[C@@H](ONC(=O)[C@@H]2CC3CCN2C(=O)N3OCc2ccccc2)C1. The first-order chi connectivity index (χ1) is 16.2. The van der Waals surface area contributed by atoms with Gasteiger partial charge >= 0.3 is 12.1 Å². The van der Waals surface area contributed by atoms with E-state index >= 15 is 0 Å². The van der Waals surface area contributed by atoms with Gasteiger partial charge in [0.1, 0.15) is 24.4 Å². The van der Waals surface area contributed by atoms with Crippen molar-refractivity contribution in [3.05, 3.63) is 35.9 Å². The number of hydrogen-bond acceptors (Lipinski definition) is 6. The summed E-state index contributed by atoms with van der Waals surface area (Å²) in [6.45, 7) is 7.21. The first kappa shape index (κ1) is 24.3. The Morgan fingerprint density at radius 1 is 1.12 bits per heavy atom. The third kappa shape index (κ3) is 5.79. The highest BCUT2D eigenvalue weighted by Gasteiger charge is 2.48. The molecule has 4 aliphatic heterocycles. The monoisotopic (exact) mass is 474 g/mol. The van der Waals surface area contributed by atoms with Gasteiger partial charge in [-0.15, -0.1) is 0 Å². The van der Waals surface area contributed by atoms with Crippen molar-refractivity contribution in [1.29, 1.82) is 0 Å². The van der Waals surface area contributed by atoms with Crippen LogP contribution in [0.2, 0.25) is 0 Å². The molecular weight excluding hydrogens is 440 g/mol. The Morgan fingerprint density at radius 2 is 1.88 bits per heavy atom. The molecule has 186 valence electrons. The number of nitrogens with one attached hydrogen (secondary N) is 1. The highest BCUT2D eigenvalue weighted by molar-refractivity contribution is 5.88. The molecule has 0 spiro atoms. The summed E-state index contributed by atoms with van der Waals surface area (Å²) in [5, 5.41) is 1.40. The van der Waals surface area contributed by atoms with Gasteiger partial charge in [0.25, 0.3) is 5.91 Å². The Bertz CT molecular complexity index is 889. The Balaban J connectivity index is 1.26. The van der Waals surface area contributed by atoms with Crippen molar-refractivity contribution in [2.45, 2.75) is 76.9 Å². The summed E-state index contributed by atoms with van der Waals surface area (Å²) in [6.07, 6.45) is 1.98. The number of urea groups is 1. The number of carbonyl (C=O) groups is 3. The predicted molar refractivity (Wildman–Crippen MR) is 122 cm³/mol. The lowest BCUT2D eigenvalue weighted by Crippen LogP contribution is -2.67. The van der Waals surface area contributed by atoms with Gasteiger partial charge in [0.2, 0.25) is 0 Å². The van der Waals surface area contributed by atoms with E-state index in [9.17, 15) is 14.4 Å². The first-order valence-electron chi connectivity index (χ1n) is 11.9. The van der Waals surface area contributed by atoms with E-state index in [1.54, 1.807) is 4.90 Å². The van der Waals surface area contributed by atoms with Crippen LogP contribution in [0.1, 0.15) is 52.0 Å². The lowest BCUT2D eigenvalue weighted by atomic mass is 9.93. The van der Waals surface area contributed by atoms with E-state index in [1.807, 2.05) is 51.1 Å². The third-order valence-corrected chi connectivity index (χ3v) is 6.21. The molecule has 0 radical (unpaired) electrons. The molecule has 0 saturated carbocycles. The third-order valence-electron chi connectivity index (χ3n) is 6.21. The minimum Gasteiger partial charge on any atom is -0.444 e. The molecule has 3 atom stereocenters. The molecule has 4 aliphatic rings. The van der Waals surface area contributed by atoms with Crippen LogP contribution in [0.25, 0.3) is 0 Å². The van der Waals surface area contributed by atoms with Crippen molar-refractivity contribution in [2.75, 3.05) is 19.6 Å². The molecule has 0 aliphatic carbocycles. The number of likely N-dealkylation sites (tertiary alicyclic amines) is 1. The minimum atomic E-state index is -0.603. The van der Waals surface area contributed by atoms with E-state index in [2.05, 4.69) is 5.48 Å². The topological polar surface area (TPSA) is 101 Å². The standard InChI is InChI=1S/C24H34N4O6/c1-24(2,3)33-23(31)26-12-7-10-19(15-26)34-25-21(29)20-14-18-11-13-27(20)22(30)28(18)32-16-17-8-5-4-6-9-17/h4-6,8-9,18-20H,7,10-16H2,1-3H3,(H,25,29)/t18?,19-,20+/m1/s1. The summed E-state index contributed by atoms with van der Waals surface area (Å²) in [6, 6.07) is 8.59. The molecule has 10 nitrogen and oxygen atoms in total. The molecule has 5 rings (SSSR count). The van der Waals surface area contributed by atoms with Gasteiger partial charge in [0.15, 0.2) is 0 Å². The summed E-state index contributed by atoms with van der Waals surface area (Å²) in [4.78, 5) is 52.7. The molecule has 10 heteroatoms. The van der Waals surface area contributed by atoms with Crippen molar-refractivity contribution in [2.24, 2.45) is 0 Å². The fourth-order valence-electron chi connectivity index (χ4n) is 4.54. The summed E-state index contributed by atoms with van der Waals surface area (Å²) in [5.41, 5.74) is 2.94. The maximum absolute atomic E-state index is 12.9. The van der Waals surface area contributed by atoms with Crippen LogP contribution in [0.3, 0.4) is 0 Å². The van der Waals surface area contributed by atoms with Crippen molar-refractivity contribution >= 4 is 18.0 Å². The smallest absolute Gasteiger partial charge is 0.410 e. The second-order valence-corrected chi connectivity index (χ2v) is 10.0. The Kier molecular flexibility index (Phi) is 7.27. The van der Waals surface area contributed by atoms with Gasteiger partial charge in [-0.2, -0.15) is 5.06 Å². The molecule has 4 heterocycles. The van der Waals surface area contributed by atoms with Crippen LogP contribution in [0, 0.1) is 0 Å². The summed E-state index contributed by atoms with van der Waals surface area (Å²) in [5.74, 6) is -0.352. The van der Waals surface area contributed by atoms with Gasteiger partial charge in [-0.25, -0.2) is 15.1 Å². The zero-order chi connectivity index (χ0) is 24.3. The normalized spacial score (nSPS) is 24.9. The molecule has 4 saturated heterocycles. The van der Waals surface area contributed by atoms with Crippen molar-refractivity contribution in [3.63, 3.8) is 0 Å². The summed E-state index contributed by atoms with van der Waals surface area (Å²) in [7, 11) is 0. The van der Waals surface area contributed by atoms with Crippen molar-refractivity contribution < 1.29 is 28.8 Å². The summed E-state index contributed by atoms with van der Waals surface area (Å²) >= 11 is 0. The van der Waals surface area contributed by atoms with Gasteiger partial charge in [0.05, 0.1) is 12.6 Å². The quantitative estimate of drug-likeness (QED) is 0.637. The molecule has 1 aromatic carbocycles. The van der Waals surface area contributed by atoms with E-state index < -0.39 is 11.6 Å². The maximum Gasteiger partial charge on any atom is 0.410 e. The first-order valence-corrected chi connectivity index (χ1v) is 11.9. The van der Waals surface area contributed by atoms with E-state index in [0.29, 0.717) is 32.7 Å². The lowest BCUT2D eigenvalue weighted by molar-refractivity contribution is -0.199.